The highest BCUT2D eigenvalue weighted by atomic mass is 16.5. The monoisotopic (exact) mass is 303 g/mol. The van der Waals surface area contributed by atoms with Gasteiger partial charge >= 0.3 is 5.97 Å². The number of aryl methyl sites for hydroxylation is 1. The number of pyridine rings is 1. The summed E-state index contributed by atoms with van der Waals surface area (Å²) in [5.74, 6) is -0.362. The van der Waals surface area contributed by atoms with Crippen LogP contribution in [0.4, 0.5) is 0 Å². The van der Waals surface area contributed by atoms with Gasteiger partial charge in [0.05, 0.1) is 5.52 Å². The van der Waals surface area contributed by atoms with Crippen molar-refractivity contribution >= 4 is 22.9 Å². The van der Waals surface area contributed by atoms with Crippen LogP contribution in [0.5, 0.6) is 0 Å². The summed E-state index contributed by atoms with van der Waals surface area (Å²) in [6.45, 7) is 2.29. The number of ether oxygens (including phenoxy) is 1. The number of para-hydroxylation sites is 1. The first-order valence-corrected chi connectivity index (χ1v) is 7.46. The zero-order valence-electron chi connectivity index (χ0n) is 12.9. The second kappa shape index (κ2) is 6.88. The van der Waals surface area contributed by atoms with Crippen LogP contribution in [0, 0.1) is 6.92 Å². The van der Waals surface area contributed by atoms with Gasteiger partial charge in [0, 0.05) is 23.2 Å². The first kappa shape index (κ1) is 15.0. The number of benzene rings is 2. The molecule has 1 heterocycles. The molecule has 3 heteroatoms. The Morgan fingerprint density at radius 1 is 1.13 bits per heavy atom. The van der Waals surface area contributed by atoms with Crippen molar-refractivity contribution in [2.75, 3.05) is 0 Å². The topological polar surface area (TPSA) is 39.2 Å². The van der Waals surface area contributed by atoms with Gasteiger partial charge in [0.1, 0.15) is 6.61 Å². The molecule has 0 spiro atoms. The van der Waals surface area contributed by atoms with E-state index < -0.39 is 0 Å². The van der Waals surface area contributed by atoms with Gasteiger partial charge in [0.2, 0.25) is 0 Å². The molecular weight excluding hydrogens is 286 g/mol. The Labute approximate surface area is 135 Å². The third-order valence-corrected chi connectivity index (χ3v) is 3.53. The fraction of sp³-hybridized carbons (Fsp3) is 0.100. The van der Waals surface area contributed by atoms with Gasteiger partial charge in [-0.3, -0.25) is 4.98 Å². The highest BCUT2D eigenvalue weighted by Crippen LogP contribution is 2.17. The molecule has 2 aromatic carbocycles. The SMILES string of the molecule is Cc1cccc(COC(=O)/C=C/c2cccc3cccnc23)c1. The Balaban J connectivity index is 1.68. The summed E-state index contributed by atoms with van der Waals surface area (Å²) in [7, 11) is 0. The largest absolute Gasteiger partial charge is 0.458 e. The van der Waals surface area contributed by atoms with E-state index in [-0.39, 0.29) is 12.6 Å². The molecule has 0 amide bonds. The molecule has 0 aliphatic heterocycles. The Morgan fingerprint density at radius 2 is 1.96 bits per heavy atom. The number of hydrogen-bond donors (Lipinski definition) is 0. The molecule has 23 heavy (non-hydrogen) atoms. The lowest BCUT2D eigenvalue weighted by Crippen LogP contribution is -2.00. The molecule has 3 aromatic rings. The maximum Gasteiger partial charge on any atom is 0.331 e. The minimum absolute atomic E-state index is 0.276. The van der Waals surface area contributed by atoms with Crippen LogP contribution in [-0.2, 0) is 16.1 Å². The van der Waals surface area contributed by atoms with Crippen LogP contribution < -0.4 is 0 Å². The first-order chi connectivity index (χ1) is 11.2. The van der Waals surface area contributed by atoms with Gasteiger partial charge in [-0.2, -0.15) is 0 Å². The summed E-state index contributed by atoms with van der Waals surface area (Å²) < 4.78 is 5.27. The Morgan fingerprint density at radius 3 is 2.83 bits per heavy atom. The minimum Gasteiger partial charge on any atom is -0.458 e. The summed E-state index contributed by atoms with van der Waals surface area (Å²) in [4.78, 5) is 16.2. The highest BCUT2D eigenvalue weighted by molar-refractivity contribution is 5.92. The molecule has 0 N–H and O–H groups in total. The molecule has 0 fully saturated rings. The predicted molar refractivity (Wildman–Crippen MR) is 91.8 cm³/mol. The number of rotatable bonds is 4. The molecular formula is C20H17NO2. The van der Waals surface area contributed by atoms with Gasteiger partial charge in [-0.1, -0.05) is 54.1 Å². The molecule has 0 unspecified atom stereocenters. The molecule has 1 aromatic heterocycles. The average Bonchev–Trinajstić information content (AvgIpc) is 2.58. The predicted octanol–water partition coefficient (Wildman–Crippen LogP) is 4.30. The summed E-state index contributed by atoms with van der Waals surface area (Å²) in [5.41, 5.74) is 3.91. The van der Waals surface area contributed by atoms with Crippen molar-refractivity contribution in [1.82, 2.24) is 4.98 Å². The number of hydrogen-bond acceptors (Lipinski definition) is 3. The van der Waals surface area contributed by atoms with Crippen molar-refractivity contribution in [3.05, 3.63) is 83.6 Å². The Hall–Kier alpha value is -2.94. The van der Waals surface area contributed by atoms with E-state index in [0.717, 1.165) is 27.6 Å². The van der Waals surface area contributed by atoms with Crippen LogP contribution in [0.3, 0.4) is 0 Å². The molecule has 0 saturated heterocycles. The van der Waals surface area contributed by atoms with Gasteiger partial charge in [0.25, 0.3) is 0 Å². The van der Waals surface area contributed by atoms with E-state index >= 15 is 0 Å². The average molecular weight is 303 g/mol. The van der Waals surface area contributed by atoms with Gasteiger partial charge in [-0.25, -0.2) is 4.79 Å². The lowest BCUT2D eigenvalue weighted by atomic mass is 10.1. The number of aromatic nitrogens is 1. The number of nitrogens with zero attached hydrogens (tertiary/aromatic N) is 1. The van der Waals surface area contributed by atoms with Crippen LogP contribution in [0.1, 0.15) is 16.7 Å². The fourth-order valence-corrected chi connectivity index (χ4v) is 2.42. The third-order valence-electron chi connectivity index (χ3n) is 3.53. The maximum atomic E-state index is 11.9. The quantitative estimate of drug-likeness (QED) is 0.533. The highest BCUT2D eigenvalue weighted by Gasteiger charge is 2.01. The van der Waals surface area contributed by atoms with E-state index in [0.29, 0.717) is 0 Å². The summed E-state index contributed by atoms with van der Waals surface area (Å²) >= 11 is 0. The van der Waals surface area contributed by atoms with Crippen LogP contribution in [0.15, 0.2) is 66.9 Å². The Bertz CT molecular complexity index is 863. The molecule has 114 valence electrons. The van der Waals surface area contributed by atoms with E-state index in [1.54, 1.807) is 12.3 Å². The fourth-order valence-electron chi connectivity index (χ4n) is 2.42. The zero-order valence-corrected chi connectivity index (χ0v) is 12.9. The van der Waals surface area contributed by atoms with Crippen LogP contribution in [0.2, 0.25) is 0 Å². The number of esters is 1. The molecule has 0 radical (unpaired) electrons. The zero-order chi connectivity index (χ0) is 16.1. The summed E-state index contributed by atoms with van der Waals surface area (Å²) in [6.07, 6.45) is 4.93. The molecule has 0 aliphatic carbocycles. The van der Waals surface area contributed by atoms with E-state index in [1.807, 2.05) is 61.5 Å². The van der Waals surface area contributed by atoms with Crippen LogP contribution in [-0.4, -0.2) is 11.0 Å². The normalized spacial score (nSPS) is 11.0. The second-order valence-electron chi connectivity index (χ2n) is 5.35. The van der Waals surface area contributed by atoms with Crippen molar-refractivity contribution in [2.24, 2.45) is 0 Å². The van der Waals surface area contributed by atoms with E-state index in [2.05, 4.69) is 4.98 Å². The van der Waals surface area contributed by atoms with Gasteiger partial charge in [-0.15, -0.1) is 0 Å². The molecule has 0 aliphatic rings. The summed E-state index contributed by atoms with van der Waals surface area (Å²) in [5, 5.41) is 1.04. The number of fused-ring (bicyclic) bond motifs is 1. The van der Waals surface area contributed by atoms with Crippen molar-refractivity contribution < 1.29 is 9.53 Å². The maximum absolute atomic E-state index is 11.9. The van der Waals surface area contributed by atoms with E-state index in [1.165, 1.54) is 6.08 Å². The number of carbonyl (C=O) groups is 1. The molecule has 0 bridgehead atoms. The molecule has 3 nitrogen and oxygen atoms in total. The molecule has 0 atom stereocenters. The van der Waals surface area contributed by atoms with Gasteiger partial charge < -0.3 is 4.74 Å². The van der Waals surface area contributed by atoms with Gasteiger partial charge in [0.15, 0.2) is 0 Å². The minimum atomic E-state index is -0.362. The number of carbonyl (C=O) groups excluding carboxylic acids is 1. The lowest BCUT2D eigenvalue weighted by Gasteiger charge is -2.03. The van der Waals surface area contributed by atoms with Crippen molar-refractivity contribution in [3.63, 3.8) is 0 Å². The Kier molecular flexibility index (Phi) is 4.48. The third kappa shape index (κ3) is 3.83. The summed E-state index contributed by atoms with van der Waals surface area (Å²) in [6, 6.07) is 17.7. The van der Waals surface area contributed by atoms with Crippen molar-refractivity contribution in [3.8, 4) is 0 Å². The molecule has 0 saturated carbocycles. The van der Waals surface area contributed by atoms with E-state index in [9.17, 15) is 4.79 Å². The van der Waals surface area contributed by atoms with Crippen LogP contribution >= 0.6 is 0 Å². The van der Waals surface area contributed by atoms with Gasteiger partial charge in [-0.05, 0) is 24.6 Å². The standard InChI is InChI=1S/C20H17NO2/c1-15-5-2-6-16(13-15)14-23-19(22)11-10-18-8-3-7-17-9-4-12-21-20(17)18/h2-13H,14H2,1H3/b11-10+. The van der Waals surface area contributed by atoms with Crippen molar-refractivity contribution in [2.45, 2.75) is 13.5 Å². The van der Waals surface area contributed by atoms with Crippen LogP contribution in [0.25, 0.3) is 17.0 Å². The second-order valence-corrected chi connectivity index (χ2v) is 5.35. The van der Waals surface area contributed by atoms with Crippen molar-refractivity contribution in [1.29, 1.82) is 0 Å². The first-order valence-electron chi connectivity index (χ1n) is 7.46. The lowest BCUT2D eigenvalue weighted by molar-refractivity contribution is -0.138. The van der Waals surface area contributed by atoms with E-state index in [4.69, 9.17) is 4.74 Å². The smallest absolute Gasteiger partial charge is 0.331 e. The molecule has 3 rings (SSSR count).